The molecule has 0 unspecified atom stereocenters. The zero-order valence-corrected chi connectivity index (χ0v) is 11.0. The smallest absolute Gasteiger partial charge is 0.371 e. The first-order chi connectivity index (χ1) is 10.2. The van der Waals surface area contributed by atoms with Crippen molar-refractivity contribution in [1.82, 2.24) is 0 Å². The highest BCUT2D eigenvalue weighted by Gasteiger charge is 2.12. The number of benzene rings is 2. The van der Waals surface area contributed by atoms with E-state index in [9.17, 15) is 4.79 Å². The van der Waals surface area contributed by atoms with Gasteiger partial charge >= 0.3 is 5.97 Å². The predicted molar refractivity (Wildman–Crippen MR) is 77.6 cm³/mol. The molecule has 0 saturated heterocycles. The number of hydrogen-bond donors (Lipinski definition) is 1. The van der Waals surface area contributed by atoms with Crippen LogP contribution in [0.5, 0.6) is 11.7 Å². The summed E-state index contributed by atoms with van der Waals surface area (Å²) in [5.41, 5.74) is 1.92. The molecule has 104 valence electrons. The first-order valence-electron chi connectivity index (χ1n) is 6.39. The van der Waals surface area contributed by atoms with Crippen molar-refractivity contribution in [3.8, 4) is 22.8 Å². The van der Waals surface area contributed by atoms with Gasteiger partial charge in [-0.2, -0.15) is 0 Å². The fourth-order valence-electron chi connectivity index (χ4n) is 2.01. The van der Waals surface area contributed by atoms with Gasteiger partial charge in [0.25, 0.3) is 5.95 Å². The summed E-state index contributed by atoms with van der Waals surface area (Å²) in [7, 11) is 0. The summed E-state index contributed by atoms with van der Waals surface area (Å²) in [5.74, 6) is -0.519. The third-order valence-electron chi connectivity index (χ3n) is 2.97. The lowest BCUT2D eigenvalue weighted by Gasteiger charge is -2.09. The number of carboxylic acid groups (broad SMARTS) is 1. The Morgan fingerprint density at radius 2 is 1.62 bits per heavy atom. The zero-order valence-electron chi connectivity index (χ0n) is 11.0. The van der Waals surface area contributed by atoms with Crippen LogP contribution < -0.4 is 4.74 Å². The molecule has 3 aromatic rings. The molecule has 0 aliphatic heterocycles. The summed E-state index contributed by atoms with van der Waals surface area (Å²) < 4.78 is 10.8. The molecule has 4 nitrogen and oxygen atoms in total. The highest BCUT2D eigenvalue weighted by molar-refractivity contribution is 5.84. The van der Waals surface area contributed by atoms with Gasteiger partial charge in [-0.3, -0.25) is 0 Å². The van der Waals surface area contributed by atoms with Gasteiger partial charge in [0.05, 0.1) is 0 Å². The molecule has 1 N–H and O–H groups in total. The second kappa shape index (κ2) is 5.54. The summed E-state index contributed by atoms with van der Waals surface area (Å²) in [6.07, 6.45) is 0. The Morgan fingerprint density at radius 3 is 2.33 bits per heavy atom. The Balaban J connectivity index is 1.94. The van der Waals surface area contributed by atoms with E-state index in [2.05, 4.69) is 0 Å². The van der Waals surface area contributed by atoms with Gasteiger partial charge in [-0.1, -0.05) is 48.5 Å². The maximum atomic E-state index is 10.8. The molecule has 0 radical (unpaired) electrons. The van der Waals surface area contributed by atoms with Crippen molar-refractivity contribution in [3.63, 3.8) is 0 Å². The maximum absolute atomic E-state index is 10.8. The van der Waals surface area contributed by atoms with Crippen molar-refractivity contribution in [1.29, 1.82) is 0 Å². The van der Waals surface area contributed by atoms with Crippen LogP contribution in [0.15, 0.2) is 71.1 Å². The largest absolute Gasteiger partial charge is 0.475 e. The second-order valence-electron chi connectivity index (χ2n) is 4.39. The Hall–Kier alpha value is -3.01. The minimum atomic E-state index is -1.12. The summed E-state index contributed by atoms with van der Waals surface area (Å²) in [5, 5.41) is 8.85. The Morgan fingerprint density at radius 1 is 0.905 bits per heavy atom. The number of rotatable bonds is 4. The average Bonchev–Trinajstić information content (AvgIpc) is 2.98. The van der Waals surface area contributed by atoms with Crippen LogP contribution in [0.25, 0.3) is 11.1 Å². The van der Waals surface area contributed by atoms with E-state index in [1.165, 1.54) is 12.1 Å². The number of para-hydroxylation sites is 1. The Bertz CT molecular complexity index is 759. The van der Waals surface area contributed by atoms with Gasteiger partial charge in [0, 0.05) is 11.6 Å². The third kappa shape index (κ3) is 2.79. The van der Waals surface area contributed by atoms with E-state index in [1.807, 2.05) is 54.6 Å². The molecule has 2 aromatic carbocycles. The van der Waals surface area contributed by atoms with Gasteiger partial charge in [-0.05, 0) is 17.7 Å². The highest BCUT2D eigenvalue weighted by Crippen LogP contribution is 2.33. The summed E-state index contributed by atoms with van der Waals surface area (Å²) in [6, 6.07) is 20.2. The first-order valence-corrected chi connectivity index (χ1v) is 6.39. The van der Waals surface area contributed by atoms with E-state index < -0.39 is 5.97 Å². The topological polar surface area (TPSA) is 59.7 Å². The molecule has 1 heterocycles. The van der Waals surface area contributed by atoms with Crippen molar-refractivity contribution < 1.29 is 19.1 Å². The number of ether oxygens (including phenoxy) is 1. The maximum Gasteiger partial charge on any atom is 0.371 e. The van der Waals surface area contributed by atoms with Crippen LogP contribution in [0.2, 0.25) is 0 Å². The normalized spacial score (nSPS) is 10.3. The van der Waals surface area contributed by atoms with E-state index in [-0.39, 0.29) is 11.7 Å². The SMILES string of the molecule is O=C(O)c1ccc(Oc2ccccc2-c2ccccc2)o1. The van der Waals surface area contributed by atoms with E-state index in [1.54, 1.807) is 0 Å². The average molecular weight is 280 g/mol. The Kier molecular flexibility index (Phi) is 3.43. The van der Waals surface area contributed by atoms with E-state index >= 15 is 0 Å². The van der Waals surface area contributed by atoms with Crippen molar-refractivity contribution in [2.24, 2.45) is 0 Å². The van der Waals surface area contributed by atoms with Crippen LogP contribution in [0.4, 0.5) is 0 Å². The van der Waals surface area contributed by atoms with Gasteiger partial charge in [-0.25, -0.2) is 4.79 Å². The molecule has 1 aromatic heterocycles. The molecule has 0 atom stereocenters. The van der Waals surface area contributed by atoms with E-state index in [0.717, 1.165) is 11.1 Å². The molecule has 3 rings (SSSR count). The molecule has 0 aliphatic carbocycles. The molecule has 0 bridgehead atoms. The van der Waals surface area contributed by atoms with Gasteiger partial charge in [0.15, 0.2) is 0 Å². The van der Waals surface area contributed by atoms with E-state index in [4.69, 9.17) is 14.3 Å². The fraction of sp³-hybridized carbons (Fsp3) is 0. The molecule has 4 heteroatoms. The van der Waals surface area contributed by atoms with Gasteiger partial charge in [0.1, 0.15) is 5.75 Å². The lowest BCUT2D eigenvalue weighted by atomic mass is 10.1. The second-order valence-corrected chi connectivity index (χ2v) is 4.39. The van der Waals surface area contributed by atoms with Crippen LogP contribution in [-0.2, 0) is 0 Å². The van der Waals surface area contributed by atoms with Crippen molar-refractivity contribution in [3.05, 3.63) is 72.5 Å². The molecular formula is C17H12O4. The molecule has 0 amide bonds. The van der Waals surface area contributed by atoms with Crippen molar-refractivity contribution in [2.45, 2.75) is 0 Å². The number of aromatic carboxylic acids is 1. The summed E-state index contributed by atoms with van der Waals surface area (Å²) in [6.45, 7) is 0. The lowest BCUT2D eigenvalue weighted by molar-refractivity contribution is 0.0657. The fourth-order valence-corrected chi connectivity index (χ4v) is 2.01. The molecule has 21 heavy (non-hydrogen) atoms. The van der Waals surface area contributed by atoms with Crippen molar-refractivity contribution in [2.75, 3.05) is 0 Å². The quantitative estimate of drug-likeness (QED) is 0.767. The lowest BCUT2D eigenvalue weighted by Crippen LogP contribution is -1.92. The predicted octanol–water partition coefficient (Wildman–Crippen LogP) is 4.44. The minimum absolute atomic E-state index is 0.149. The molecule has 0 aliphatic rings. The number of carboxylic acids is 1. The van der Waals surface area contributed by atoms with Crippen LogP contribution in [0.3, 0.4) is 0 Å². The molecule has 0 fully saturated rings. The monoisotopic (exact) mass is 280 g/mol. The number of carbonyl (C=O) groups is 1. The molecular weight excluding hydrogens is 268 g/mol. The first kappa shape index (κ1) is 13.0. The molecule has 0 saturated carbocycles. The highest BCUT2D eigenvalue weighted by atomic mass is 16.6. The zero-order chi connectivity index (χ0) is 14.7. The Labute approximate surface area is 121 Å². The van der Waals surface area contributed by atoms with Gasteiger partial charge in [0.2, 0.25) is 5.76 Å². The number of hydrogen-bond acceptors (Lipinski definition) is 3. The summed E-state index contributed by atoms with van der Waals surface area (Å²) in [4.78, 5) is 10.8. The summed E-state index contributed by atoms with van der Waals surface area (Å²) >= 11 is 0. The van der Waals surface area contributed by atoms with Crippen LogP contribution in [0.1, 0.15) is 10.6 Å². The van der Waals surface area contributed by atoms with Gasteiger partial charge < -0.3 is 14.3 Å². The standard InChI is InChI=1S/C17H12O4/c18-17(19)15-10-11-16(21-15)20-14-9-5-4-8-13(14)12-6-2-1-3-7-12/h1-11H,(H,18,19). The van der Waals surface area contributed by atoms with Crippen LogP contribution in [-0.4, -0.2) is 11.1 Å². The van der Waals surface area contributed by atoms with Crippen molar-refractivity contribution >= 4 is 5.97 Å². The van der Waals surface area contributed by atoms with Gasteiger partial charge in [-0.15, -0.1) is 0 Å². The minimum Gasteiger partial charge on any atom is -0.475 e. The number of furan rings is 1. The van der Waals surface area contributed by atoms with E-state index in [0.29, 0.717) is 5.75 Å². The third-order valence-corrected chi connectivity index (χ3v) is 2.97. The van der Waals surface area contributed by atoms with Crippen LogP contribution >= 0.6 is 0 Å². The van der Waals surface area contributed by atoms with Crippen LogP contribution in [0, 0.1) is 0 Å². The molecule has 0 spiro atoms.